The van der Waals surface area contributed by atoms with Crippen molar-refractivity contribution < 1.29 is 38.0 Å². The summed E-state index contributed by atoms with van der Waals surface area (Å²) in [5.41, 5.74) is 3.12. The monoisotopic (exact) mass is 576 g/mol. The number of benzene rings is 3. The summed E-state index contributed by atoms with van der Waals surface area (Å²) < 4.78 is 32.5. The molecule has 0 aliphatic carbocycles. The van der Waals surface area contributed by atoms with Crippen LogP contribution in [0.15, 0.2) is 53.6 Å². The molecule has 12 heteroatoms. The molecule has 0 spiro atoms. The molecule has 39 heavy (non-hydrogen) atoms. The van der Waals surface area contributed by atoms with E-state index in [0.717, 1.165) is 0 Å². The lowest BCUT2D eigenvalue weighted by Gasteiger charge is -2.15. The van der Waals surface area contributed by atoms with E-state index < -0.39 is 11.9 Å². The molecular formula is C27H26Cl2N2O8. The molecule has 206 valence electrons. The van der Waals surface area contributed by atoms with Crippen molar-refractivity contribution in [3.63, 3.8) is 0 Å². The highest BCUT2D eigenvalue weighted by molar-refractivity contribution is 6.35. The number of halogens is 2. The standard InChI is InChI=1S/C27H26Cl2N2O8/c1-5-37-22-10-16(14-30-31-25(32)15-38-20-9-7-18(28)13-19(20)29)6-8-21(22)39-27(33)17-11-23(34-2)26(36-4)24(12-17)35-3/h6-14H,5,15H2,1-4H3,(H,31,32)/b30-14+. The summed E-state index contributed by atoms with van der Waals surface area (Å²) in [7, 11) is 4.36. The summed E-state index contributed by atoms with van der Waals surface area (Å²) in [4.78, 5) is 25.0. The Kier molecular flexibility index (Phi) is 10.7. The molecule has 0 fully saturated rings. The van der Waals surface area contributed by atoms with Crippen LogP contribution in [0.4, 0.5) is 0 Å². The number of methoxy groups -OCH3 is 3. The number of rotatable bonds is 12. The molecule has 1 amide bonds. The summed E-state index contributed by atoms with van der Waals surface area (Å²) in [6.07, 6.45) is 1.40. The van der Waals surface area contributed by atoms with Crippen LogP contribution in [0.1, 0.15) is 22.8 Å². The second-order valence-electron chi connectivity index (χ2n) is 7.60. The smallest absolute Gasteiger partial charge is 0.343 e. The molecular weight excluding hydrogens is 551 g/mol. The number of nitrogens with one attached hydrogen (secondary N) is 1. The largest absolute Gasteiger partial charge is 0.493 e. The summed E-state index contributed by atoms with van der Waals surface area (Å²) in [5, 5.41) is 4.66. The summed E-state index contributed by atoms with van der Waals surface area (Å²) >= 11 is 11.9. The minimum absolute atomic E-state index is 0.183. The highest BCUT2D eigenvalue weighted by Gasteiger charge is 2.20. The lowest BCUT2D eigenvalue weighted by Crippen LogP contribution is -2.24. The van der Waals surface area contributed by atoms with Gasteiger partial charge in [0.25, 0.3) is 5.91 Å². The zero-order chi connectivity index (χ0) is 28.4. The van der Waals surface area contributed by atoms with Gasteiger partial charge in [-0.3, -0.25) is 4.79 Å². The van der Waals surface area contributed by atoms with E-state index in [1.165, 1.54) is 45.7 Å². The lowest BCUT2D eigenvalue weighted by atomic mass is 10.1. The number of ether oxygens (including phenoxy) is 6. The van der Waals surface area contributed by atoms with Gasteiger partial charge in [-0.25, -0.2) is 10.2 Å². The number of amides is 1. The predicted molar refractivity (Wildman–Crippen MR) is 146 cm³/mol. The first-order chi connectivity index (χ1) is 18.8. The number of esters is 1. The number of carbonyl (C=O) groups excluding carboxylic acids is 2. The van der Waals surface area contributed by atoms with E-state index in [-0.39, 0.29) is 22.9 Å². The van der Waals surface area contributed by atoms with Gasteiger partial charge in [0, 0.05) is 5.02 Å². The van der Waals surface area contributed by atoms with Crippen molar-refractivity contribution in [3.8, 4) is 34.5 Å². The van der Waals surface area contributed by atoms with Gasteiger partial charge in [-0.05, 0) is 61.0 Å². The van der Waals surface area contributed by atoms with Crippen molar-refractivity contribution >= 4 is 41.3 Å². The van der Waals surface area contributed by atoms with Crippen LogP contribution in [0.25, 0.3) is 0 Å². The van der Waals surface area contributed by atoms with Crippen LogP contribution < -0.4 is 33.8 Å². The molecule has 0 aliphatic rings. The molecule has 3 aromatic carbocycles. The zero-order valence-electron chi connectivity index (χ0n) is 21.6. The first-order valence-electron chi connectivity index (χ1n) is 11.5. The summed E-state index contributed by atoms with van der Waals surface area (Å²) in [6.45, 7) is 1.80. The van der Waals surface area contributed by atoms with Gasteiger partial charge >= 0.3 is 5.97 Å². The molecule has 10 nitrogen and oxygen atoms in total. The van der Waals surface area contributed by atoms with Crippen LogP contribution in [0.5, 0.6) is 34.5 Å². The van der Waals surface area contributed by atoms with Crippen molar-refractivity contribution in [2.24, 2.45) is 5.10 Å². The normalized spacial score (nSPS) is 10.6. The molecule has 0 atom stereocenters. The van der Waals surface area contributed by atoms with E-state index >= 15 is 0 Å². The number of hydrogen-bond donors (Lipinski definition) is 1. The quantitative estimate of drug-likeness (QED) is 0.136. The van der Waals surface area contributed by atoms with Gasteiger partial charge in [0.05, 0.1) is 44.7 Å². The zero-order valence-corrected chi connectivity index (χ0v) is 23.1. The van der Waals surface area contributed by atoms with Gasteiger partial charge < -0.3 is 28.4 Å². The SMILES string of the molecule is CCOc1cc(/C=N/NC(=O)COc2ccc(Cl)cc2Cl)ccc1OC(=O)c1cc(OC)c(OC)c(OC)c1. The van der Waals surface area contributed by atoms with Crippen molar-refractivity contribution in [1.82, 2.24) is 5.43 Å². The van der Waals surface area contributed by atoms with Crippen molar-refractivity contribution in [3.05, 3.63) is 69.7 Å². The Labute approximate surface area is 235 Å². The highest BCUT2D eigenvalue weighted by atomic mass is 35.5. The second-order valence-corrected chi connectivity index (χ2v) is 8.44. The fraction of sp³-hybridized carbons (Fsp3) is 0.222. The van der Waals surface area contributed by atoms with Gasteiger partial charge in [0.15, 0.2) is 29.6 Å². The van der Waals surface area contributed by atoms with Crippen LogP contribution in [0.2, 0.25) is 10.0 Å². The van der Waals surface area contributed by atoms with E-state index in [0.29, 0.717) is 45.9 Å². The first-order valence-corrected chi connectivity index (χ1v) is 12.2. The Balaban J connectivity index is 1.67. The summed E-state index contributed by atoms with van der Waals surface area (Å²) in [5.74, 6) is 0.608. The van der Waals surface area contributed by atoms with Crippen LogP contribution in [-0.2, 0) is 4.79 Å². The van der Waals surface area contributed by atoms with E-state index in [1.54, 1.807) is 37.3 Å². The maximum atomic E-state index is 12.9. The molecule has 0 radical (unpaired) electrons. The van der Waals surface area contributed by atoms with Gasteiger partial charge in [0.1, 0.15) is 5.75 Å². The van der Waals surface area contributed by atoms with Gasteiger partial charge in [0.2, 0.25) is 5.75 Å². The number of hydrazone groups is 1. The van der Waals surface area contributed by atoms with Crippen LogP contribution in [0, 0.1) is 0 Å². The van der Waals surface area contributed by atoms with E-state index in [2.05, 4.69) is 10.5 Å². The van der Waals surface area contributed by atoms with E-state index in [9.17, 15) is 9.59 Å². The van der Waals surface area contributed by atoms with Crippen LogP contribution in [-0.4, -0.2) is 52.6 Å². The number of carbonyl (C=O) groups is 2. The van der Waals surface area contributed by atoms with Crippen molar-refractivity contribution in [2.75, 3.05) is 34.5 Å². The first kappa shape index (κ1) is 29.4. The average molecular weight is 577 g/mol. The minimum Gasteiger partial charge on any atom is -0.493 e. The molecule has 0 aromatic heterocycles. The maximum absolute atomic E-state index is 12.9. The fourth-order valence-corrected chi connectivity index (χ4v) is 3.73. The van der Waals surface area contributed by atoms with Gasteiger partial charge in [-0.2, -0.15) is 5.10 Å². The highest BCUT2D eigenvalue weighted by Crippen LogP contribution is 2.39. The lowest BCUT2D eigenvalue weighted by molar-refractivity contribution is -0.123. The van der Waals surface area contributed by atoms with Crippen molar-refractivity contribution in [1.29, 1.82) is 0 Å². The van der Waals surface area contributed by atoms with E-state index in [4.69, 9.17) is 51.6 Å². The minimum atomic E-state index is -0.662. The molecule has 0 saturated heterocycles. The van der Waals surface area contributed by atoms with Crippen molar-refractivity contribution in [2.45, 2.75) is 6.92 Å². The molecule has 0 aliphatic heterocycles. The number of nitrogens with zero attached hydrogens (tertiary/aromatic N) is 1. The van der Waals surface area contributed by atoms with Gasteiger partial charge in [-0.15, -0.1) is 0 Å². The third-order valence-electron chi connectivity index (χ3n) is 5.03. The molecule has 0 bridgehead atoms. The Morgan fingerprint density at radius 3 is 2.15 bits per heavy atom. The molecule has 3 rings (SSSR count). The molecule has 3 aromatic rings. The van der Waals surface area contributed by atoms with Gasteiger partial charge in [-0.1, -0.05) is 23.2 Å². The Bertz CT molecular complexity index is 1340. The van der Waals surface area contributed by atoms with Crippen LogP contribution >= 0.6 is 23.2 Å². The third-order valence-corrected chi connectivity index (χ3v) is 5.56. The second kappa shape index (κ2) is 14.1. The molecule has 0 heterocycles. The molecule has 0 unspecified atom stereocenters. The Morgan fingerprint density at radius 1 is 0.846 bits per heavy atom. The summed E-state index contributed by atoms with van der Waals surface area (Å²) in [6, 6.07) is 12.4. The third kappa shape index (κ3) is 7.92. The molecule has 0 saturated carbocycles. The Hall–Kier alpha value is -4.15. The van der Waals surface area contributed by atoms with E-state index in [1.807, 2.05) is 0 Å². The van der Waals surface area contributed by atoms with Crippen LogP contribution in [0.3, 0.4) is 0 Å². The predicted octanol–water partition coefficient (Wildman–Crippen LogP) is 5.17. The molecule has 1 N–H and O–H groups in total. The Morgan fingerprint density at radius 2 is 1.54 bits per heavy atom. The number of hydrogen-bond acceptors (Lipinski definition) is 9. The fourth-order valence-electron chi connectivity index (χ4n) is 3.26. The maximum Gasteiger partial charge on any atom is 0.343 e. The average Bonchev–Trinajstić information content (AvgIpc) is 2.93. The topological polar surface area (TPSA) is 114 Å².